The second kappa shape index (κ2) is 7.93. The van der Waals surface area contributed by atoms with Crippen molar-refractivity contribution < 1.29 is 14.3 Å². The van der Waals surface area contributed by atoms with E-state index in [1.165, 1.54) is 4.90 Å². The van der Waals surface area contributed by atoms with Crippen LogP contribution in [0.25, 0.3) is 0 Å². The highest BCUT2D eigenvalue weighted by molar-refractivity contribution is 5.93. The lowest BCUT2D eigenvalue weighted by Gasteiger charge is -2.18. The standard InChI is InChI=1S/C17H19N3O3/c1-3-23-16(21)14-4-6-15(7-5-14)20(2)17(22)19-12-13-8-10-18-11-9-13/h4-11H,3,12H2,1-2H3,(H,19,22). The molecule has 120 valence electrons. The SMILES string of the molecule is CCOC(=O)c1ccc(N(C)C(=O)NCc2ccncc2)cc1. The minimum Gasteiger partial charge on any atom is -0.462 e. The van der Waals surface area contributed by atoms with E-state index in [0.29, 0.717) is 24.4 Å². The predicted octanol–water partition coefficient (Wildman–Crippen LogP) is 2.60. The number of esters is 1. The molecular formula is C17H19N3O3. The molecule has 0 saturated carbocycles. The third kappa shape index (κ3) is 4.54. The lowest BCUT2D eigenvalue weighted by atomic mass is 10.2. The molecular weight excluding hydrogens is 294 g/mol. The third-order valence-corrected chi connectivity index (χ3v) is 3.26. The van der Waals surface area contributed by atoms with Gasteiger partial charge in [-0.1, -0.05) is 0 Å². The number of hydrogen-bond acceptors (Lipinski definition) is 4. The number of benzene rings is 1. The Balaban J connectivity index is 1.95. The van der Waals surface area contributed by atoms with E-state index in [2.05, 4.69) is 10.3 Å². The van der Waals surface area contributed by atoms with Crippen molar-refractivity contribution in [3.8, 4) is 0 Å². The summed E-state index contributed by atoms with van der Waals surface area (Å²) in [6.45, 7) is 2.51. The number of hydrogen-bond donors (Lipinski definition) is 1. The van der Waals surface area contributed by atoms with Crippen LogP contribution in [-0.2, 0) is 11.3 Å². The second-order valence-corrected chi connectivity index (χ2v) is 4.84. The summed E-state index contributed by atoms with van der Waals surface area (Å²) in [5, 5.41) is 2.82. The van der Waals surface area contributed by atoms with Gasteiger partial charge in [0.15, 0.2) is 0 Å². The summed E-state index contributed by atoms with van der Waals surface area (Å²) in [5.41, 5.74) is 2.12. The Labute approximate surface area is 135 Å². The fourth-order valence-corrected chi connectivity index (χ4v) is 1.95. The van der Waals surface area contributed by atoms with E-state index >= 15 is 0 Å². The third-order valence-electron chi connectivity index (χ3n) is 3.26. The van der Waals surface area contributed by atoms with Gasteiger partial charge in [0.25, 0.3) is 0 Å². The molecule has 1 aromatic carbocycles. The summed E-state index contributed by atoms with van der Waals surface area (Å²) >= 11 is 0. The first-order valence-corrected chi connectivity index (χ1v) is 7.29. The number of amides is 2. The molecule has 0 spiro atoms. The molecule has 0 atom stereocenters. The average Bonchev–Trinajstić information content (AvgIpc) is 2.60. The minimum atomic E-state index is -0.371. The molecule has 2 aromatic rings. The largest absolute Gasteiger partial charge is 0.462 e. The smallest absolute Gasteiger partial charge is 0.338 e. The molecule has 6 nitrogen and oxygen atoms in total. The monoisotopic (exact) mass is 313 g/mol. The molecule has 1 N–H and O–H groups in total. The van der Waals surface area contributed by atoms with Crippen molar-refractivity contribution in [3.05, 3.63) is 59.9 Å². The predicted molar refractivity (Wildman–Crippen MR) is 87.3 cm³/mol. The normalized spacial score (nSPS) is 10.0. The van der Waals surface area contributed by atoms with Crippen molar-refractivity contribution >= 4 is 17.7 Å². The Morgan fingerprint density at radius 2 is 1.78 bits per heavy atom. The number of anilines is 1. The molecule has 0 fully saturated rings. The van der Waals surface area contributed by atoms with Crippen molar-refractivity contribution in [2.75, 3.05) is 18.6 Å². The van der Waals surface area contributed by atoms with Crippen LogP contribution in [0, 0.1) is 0 Å². The number of carbonyl (C=O) groups is 2. The Morgan fingerprint density at radius 1 is 1.13 bits per heavy atom. The first-order chi connectivity index (χ1) is 11.1. The number of nitrogens with one attached hydrogen (secondary N) is 1. The maximum Gasteiger partial charge on any atom is 0.338 e. The van der Waals surface area contributed by atoms with E-state index in [1.54, 1.807) is 50.6 Å². The van der Waals surface area contributed by atoms with Gasteiger partial charge in [-0.25, -0.2) is 9.59 Å². The average molecular weight is 313 g/mol. The van der Waals surface area contributed by atoms with Crippen LogP contribution in [0.4, 0.5) is 10.5 Å². The van der Waals surface area contributed by atoms with Gasteiger partial charge in [0, 0.05) is 31.7 Å². The summed E-state index contributed by atoms with van der Waals surface area (Å²) in [6, 6.07) is 10.1. The number of rotatable bonds is 5. The Morgan fingerprint density at radius 3 is 2.39 bits per heavy atom. The molecule has 0 saturated heterocycles. The highest BCUT2D eigenvalue weighted by Crippen LogP contribution is 2.14. The number of carbonyl (C=O) groups excluding carboxylic acids is 2. The van der Waals surface area contributed by atoms with Gasteiger partial charge in [-0.05, 0) is 48.9 Å². The van der Waals surface area contributed by atoms with Crippen LogP contribution in [0.1, 0.15) is 22.8 Å². The summed E-state index contributed by atoms with van der Waals surface area (Å²) in [6.07, 6.45) is 3.36. The van der Waals surface area contributed by atoms with Crippen LogP contribution < -0.4 is 10.2 Å². The van der Waals surface area contributed by atoms with Gasteiger partial charge in [-0.2, -0.15) is 0 Å². The molecule has 0 aliphatic rings. The van der Waals surface area contributed by atoms with Crippen LogP contribution >= 0.6 is 0 Å². The number of aromatic nitrogens is 1. The van der Waals surface area contributed by atoms with Crippen LogP contribution in [0.3, 0.4) is 0 Å². The van der Waals surface area contributed by atoms with E-state index in [1.807, 2.05) is 12.1 Å². The maximum absolute atomic E-state index is 12.1. The van der Waals surface area contributed by atoms with E-state index in [-0.39, 0.29) is 12.0 Å². The van der Waals surface area contributed by atoms with E-state index in [0.717, 1.165) is 5.56 Å². The molecule has 0 bridgehead atoms. The van der Waals surface area contributed by atoms with Gasteiger partial charge < -0.3 is 10.1 Å². The quantitative estimate of drug-likeness (QED) is 0.861. The minimum absolute atomic E-state index is 0.231. The zero-order valence-electron chi connectivity index (χ0n) is 13.2. The van der Waals surface area contributed by atoms with Crippen LogP contribution in [0.2, 0.25) is 0 Å². The van der Waals surface area contributed by atoms with Gasteiger partial charge in [0.05, 0.1) is 12.2 Å². The summed E-state index contributed by atoms with van der Waals surface area (Å²) in [4.78, 5) is 29.2. The maximum atomic E-state index is 12.1. The van der Waals surface area contributed by atoms with Gasteiger partial charge in [0.2, 0.25) is 0 Å². The lowest BCUT2D eigenvalue weighted by Crippen LogP contribution is -2.36. The van der Waals surface area contributed by atoms with Crippen LogP contribution in [0.15, 0.2) is 48.8 Å². The Bertz CT molecular complexity index is 657. The van der Waals surface area contributed by atoms with Gasteiger partial charge in [0.1, 0.15) is 0 Å². The highest BCUT2D eigenvalue weighted by Gasteiger charge is 2.12. The molecule has 2 amide bonds. The van der Waals surface area contributed by atoms with E-state index in [4.69, 9.17) is 4.74 Å². The lowest BCUT2D eigenvalue weighted by molar-refractivity contribution is 0.0526. The summed E-state index contributed by atoms with van der Waals surface area (Å²) in [5.74, 6) is -0.371. The van der Waals surface area contributed by atoms with Crippen molar-refractivity contribution in [2.24, 2.45) is 0 Å². The molecule has 1 aromatic heterocycles. The number of urea groups is 1. The summed E-state index contributed by atoms with van der Waals surface area (Å²) in [7, 11) is 1.67. The highest BCUT2D eigenvalue weighted by atomic mass is 16.5. The molecule has 2 rings (SSSR count). The van der Waals surface area contributed by atoms with Crippen LogP contribution in [-0.4, -0.2) is 30.6 Å². The van der Waals surface area contributed by atoms with Gasteiger partial charge >= 0.3 is 12.0 Å². The van der Waals surface area contributed by atoms with Gasteiger partial charge in [-0.3, -0.25) is 9.88 Å². The number of pyridine rings is 1. The fraction of sp³-hybridized carbons (Fsp3) is 0.235. The summed E-state index contributed by atoms with van der Waals surface area (Å²) < 4.78 is 4.93. The molecule has 1 heterocycles. The van der Waals surface area contributed by atoms with Crippen LogP contribution in [0.5, 0.6) is 0 Å². The zero-order valence-corrected chi connectivity index (χ0v) is 13.2. The van der Waals surface area contributed by atoms with Crippen molar-refractivity contribution in [3.63, 3.8) is 0 Å². The molecule has 0 aliphatic heterocycles. The van der Waals surface area contributed by atoms with Gasteiger partial charge in [-0.15, -0.1) is 0 Å². The first-order valence-electron chi connectivity index (χ1n) is 7.29. The Kier molecular flexibility index (Phi) is 5.68. The second-order valence-electron chi connectivity index (χ2n) is 4.84. The van der Waals surface area contributed by atoms with Crippen molar-refractivity contribution in [1.82, 2.24) is 10.3 Å². The zero-order chi connectivity index (χ0) is 16.7. The number of nitrogens with zero attached hydrogens (tertiary/aromatic N) is 2. The Hall–Kier alpha value is -2.89. The molecule has 0 radical (unpaired) electrons. The van der Waals surface area contributed by atoms with E-state index < -0.39 is 0 Å². The molecule has 23 heavy (non-hydrogen) atoms. The molecule has 0 unspecified atom stereocenters. The first kappa shape index (κ1) is 16.5. The fourth-order valence-electron chi connectivity index (χ4n) is 1.95. The van der Waals surface area contributed by atoms with E-state index in [9.17, 15) is 9.59 Å². The molecule has 0 aliphatic carbocycles. The van der Waals surface area contributed by atoms with Crippen molar-refractivity contribution in [2.45, 2.75) is 13.5 Å². The number of ether oxygens (including phenoxy) is 1. The molecule has 6 heteroatoms. The topological polar surface area (TPSA) is 71.5 Å². The van der Waals surface area contributed by atoms with Crippen molar-refractivity contribution in [1.29, 1.82) is 0 Å².